The maximum atomic E-state index is 13.1. The van der Waals surface area contributed by atoms with Crippen molar-refractivity contribution in [2.45, 2.75) is 19.3 Å². The molecule has 1 aliphatic rings. The van der Waals surface area contributed by atoms with E-state index in [0.717, 1.165) is 5.56 Å². The number of methoxy groups -OCH3 is 1. The van der Waals surface area contributed by atoms with Crippen molar-refractivity contribution in [1.82, 2.24) is 9.97 Å². The number of carbonyl (C=O) groups excluding carboxylic acids is 2. The molecule has 9 nitrogen and oxygen atoms in total. The van der Waals surface area contributed by atoms with Crippen molar-refractivity contribution in [2.75, 3.05) is 23.1 Å². The number of carbonyl (C=O) groups is 2. The first-order valence-electron chi connectivity index (χ1n) is 9.87. The molecule has 0 fully saturated rings. The van der Waals surface area contributed by atoms with E-state index >= 15 is 0 Å². The first-order chi connectivity index (χ1) is 15.7. The van der Waals surface area contributed by atoms with Crippen molar-refractivity contribution in [1.29, 1.82) is 0 Å². The van der Waals surface area contributed by atoms with Crippen LogP contribution in [0.3, 0.4) is 0 Å². The van der Waals surface area contributed by atoms with Gasteiger partial charge in [0.05, 0.1) is 35.0 Å². The van der Waals surface area contributed by atoms with E-state index in [-0.39, 0.29) is 23.8 Å². The van der Waals surface area contributed by atoms with Crippen LogP contribution in [0.1, 0.15) is 23.5 Å². The minimum Gasteiger partial charge on any atom is -0.495 e. The maximum absolute atomic E-state index is 13.1. The van der Waals surface area contributed by atoms with Crippen LogP contribution in [0.4, 0.5) is 23.1 Å². The van der Waals surface area contributed by atoms with Gasteiger partial charge in [0.1, 0.15) is 11.6 Å². The SMILES string of the molecule is COc1ccc(C)cc1NC(=O)[C@H]1CC(=O)Nc2nc(Nc3ccc(Cl)cc3Cl)[nH]c(=O)c21. The zero-order valence-corrected chi connectivity index (χ0v) is 19.1. The molecule has 0 radical (unpaired) electrons. The minimum absolute atomic E-state index is 0.000979. The Bertz CT molecular complexity index is 1320. The Labute approximate surface area is 198 Å². The van der Waals surface area contributed by atoms with Crippen LogP contribution in [-0.2, 0) is 9.59 Å². The molecule has 33 heavy (non-hydrogen) atoms. The fourth-order valence-corrected chi connectivity index (χ4v) is 3.97. The number of nitrogens with one attached hydrogen (secondary N) is 4. The van der Waals surface area contributed by atoms with Gasteiger partial charge in [0.25, 0.3) is 5.56 Å². The third kappa shape index (κ3) is 4.79. The first kappa shape index (κ1) is 22.6. The number of anilines is 4. The topological polar surface area (TPSA) is 125 Å². The lowest BCUT2D eigenvalue weighted by atomic mass is 9.92. The fourth-order valence-electron chi connectivity index (χ4n) is 3.51. The number of nitrogens with zero attached hydrogens (tertiary/aromatic N) is 1. The average molecular weight is 488 g/mol. The molecule has 0 spiro atoms. The predicted octanol–water partition coefficient (Wildman–Crippen LogP) is 4.20. The summed E-state index contributed by atoms with van der Waals surface area (Å²) in [6.45, 7) is 1.87. The number of H-pyrrole nitrogens is 1. The number of halogens is 2. The molecule has 2 amide bonds. The van der Waals surface area contributed by atoms with Crippen molar-refractivity contribution in [3.8, 4) is 5.75 Å². The molecule has 4 N–H and O–H groups in total. The summed E-state index contributed by atoms with van der Waals surface area (Å²) in [4.78, 5) is 45.2. The van der Waals surface area contributed by atoms with E-state index in [9.17, 15) is 14.4 Å². The molecule has 0 aliphatic carbocycles. The van der Waals surface area contributed by atoms with Gasteiger partial charge in [0.15, 0.2) is 0 Å². The molecule has 0 saturated carbocycles. The number of hydrogen-bond acceptors (Lipinski definition) is 6. The molecule has 0 saturated heterocycles. The van der Waals surface area contributed by atoms with E-state index < -0.39 is 23.3 Å². The number of benzene rings is 2. The van der Waals surface area contributed by atoms with Gasteiger partial charge in [0, 0.05) is 11.4 Å². The van der Waals surface area contributed by atoms with Crippen LogP contribution in [-0.4, -0.2) is 28.9 Å². The lowest BCUT2D eigenvalue weighted by Crippen LogP contribution is -2.36. The van der Waals surface area contributed by atoms with E-state index in [0.29, 0.717) is 27.2 Å². The normalized spacial score (nSPS) is 14.8. The molecule has 3 aromatic rings. The second-order valence-corrected chi connectivity index (χ2v) is 8.27. The molecular weight excluding hydrogens is 469 g/mol. The lowest BCUT2D eigenvalue weighted by molar-refractivity contribution is -0.123. The zero-order chi connectivity index (χ0) is 23.7. The number of aryl methyl sites for hydroxylation is 1. The molecule has 2 aromatic carbocycles. The summed E-state index contributed by atoms with van der Waals surface area (Å²) in [5.41, 5.74) is 1.29. The number of amides is 2. The maximum Gasteiger partial charge on any atom is 0.258 e. The largest absolute Gasteiger partial charge is 0.495 e. The molecule has 1 atom stereocenters. The van der Waals surface area contributed by atoms with E-state index in [1.165, 1.54) is 13.2 Å². The third-order valence-corrected chi connectivity index (χ3v) is 5.61. The van der Waals surface area contributed by atoms with Crippen LogP contribution in [0, 0.1) is 6.92 Å². The van der Waals surface area contributed by atoms with Crippen LogP contribution in [0.2, 0.25) is 10.0 Å². The first-order valence-corrected chi connectivity index (χ1v) is 10.6. The van der Waals surface area contributed by atoms with Crippen molar-refractivity contribution < 1.29 is 14.3 Å². The molecule has 11 heteroatoms. The van der Waals surface area contributed by atoms with Gasteiger partial charge in [0.2, 0.25) is 17.8 Å². The van der Waals surface area contributed by atoms with Gasteiger partial charge in [-0.25, -0.2) is 0 Å². The van der Waals surface area contributed by atoms with Gasteiger partial charge >= 0.3 is 0 Å². The van der Waals surface area contributed by atoms with Crippen LogP contribution in [0.25, 0.3) is 0 Å². The summed E-state index contributed by atoms with van der Waals surface area (Å²) in [5.74, 6) is -1.50. The monoisotopic (exact) mass is 487 g/mol. The summed E-state index contributed by atoms with van der Waals surface area (Å²) >= 11 is 12.1. The molecular formula is C22H19Cl2N5O4. The molecule has 1 aliphatic heterocycles. The van der Waals surface area contributed by atoms with Crippen LogP contribution < -0.4 is 26.2 Å². The number of fused-ring (bicyclic) bond motifs is 1. The Hall–Kier alpha value is -3.56. The Balaban J connectivity index is 1.66. The Morgan fingerprint density at radius 2 is 1.94 bits per heavy atom. The number of aromatic nitrogens is 2. The number of ether oxygens (including phenoxy) is 1. The quantitative estimate of drug-likeness (QED) is 0.427. The van der Waals surface area contributed by atoms with E-state index in [1.807, 2.05) is 13.0 Å². The minimum atomic E-state index is -1.04. The number of aromatic amines is 1. The van der Waals surface area contributed by atoms with Gasteiger partial charge in [-0.3, -0.25) is 19.4 Å². The van der Waals surface area contributed by atoms with Gasteiger partial charge in [-0.2, -0.15) is 4.98 Å². The van der Waals surface area contributed by atoms with Gasteiger partial charge < -0.3 is 20.7 Å². The van der Waals surface area contributed by atoms with Crippen molar-refractivity contribution >= 4 is 58.2 Å². The molecule has 170 valence electrons. The standard InChI is InChI=1S/C22H19Cl2N5O4/c1-10-3-6-16(33-2)15(7-10)25-20(31)12-9-17(30)27-19-18(12)21(32)29-22(28-19)26-14-5-4-11(23)8-13(14)24/h3-8,12H,9H2,1-2H3,(H,25,31)(H3,26,27,28,29,30,32)/t12-/m0/s1. The summed E-state index contributed by atoms with van der Waals surface area (Å²) in [7, 11) is 1.49. The van der Waals surface area contributed by atoms with Crippen molar-refractivity contribution in [3.05, 3.63) is 67.9 Å². The highest BCUT2D eigenvalue weighted by atomic mass is 35.5. The van der Waals surface area contributed by atoms with Crippen molar-refractivity contribution in [2.24, 2.45) is 0 Å². The Morgan fingerprint density at radius 3 is 2.67 bits per heavy atom. The Kier molecular flexibility index (Phi) is 6.26. The lowest BCUT2D eigenvalue weighted by Gasteiger charge is -2.24. The van der Waals surface area contributed by atoms with E-state index in [4.69, 9.17) is 27.9 Å². The van der Waals surface area contributed by atoms with Crippen LogP contribution in [0.15, 0.2) is 41.2 Å². The second kappa shape index (κ2) is 9.13. The Morgan fingerprint density at radius 1 is 1.15 bits per heavy atom. The summed E-state index contributed by atoms with van der Waals surface area (Å²) < 4.78 is 5.29. The van der Waals surface area contributed by atoms with Gasteiger partial charge in [-0.1, -0.05) is 29.3 Å². The number of hydrogen-bond donors (Lipinski definition) is 4. The van der Waals surface area contributed by atoms with E-state index in [1.54, 1.807) is 24.3 Å². The number of rotatable bonds is 5. The molecule has 1 aromatic heterocycles. The molecule has 4 rings (SSSR count). The average Bonchev–Trinajstić information content (AvgIpc) is 2.75. The van der Waals surface area contributed by atoms with Crippen molar-refractivity contribution in [3.63, 3.8) is 0 Å². The second-order valence-electron chi connectivity index (χ2n) is 7.42. The third-order valence-electron chi connectivity index (χ3n) is 5.06. The summed E-state index contributed by atoms with van der Waals surface area (Å²) in [6, 6.07) is 10.1. The predicted molar refractivity (Wildman–Crippen MR) is 127 cm³/mol. The molecule has 0 bridgehead atoms. The smallest absolute Gasteiger partial charge is 0.258 e. The van der Waals surface area contributed by atoms with Gasteiger partial charge in [-0.15, -0.1) is 0 Å². The zero-order valence-electron chi connectivity index (χ0n) is 17.6. The highest BCUT2D eigenvalue weighted by Gasteiger charge is 2.35. The summed E-state index contributed by atoms with van der Waals surface area (Å²) in [6.07, 6.45) is -0.201. The van der Waals surface area contributed by atoms with Crippen LogP contribution >= 0.6 is 23.2 Å². The summed E-state index contributed by atoms with van der Waals surface area (Å²) in [5, 5.41) is 8.97. The fraction of sp³-hybridized carbons (Fsp3) is 0.182. The molecule has 0 unspecified atom stereocenters. The van der Waals surface area contributed by atoms with Crippen LogP contribution in [0.5, 0.6) is 5.75 Å². The highest BCUT2D eigenvalue weighted by Crippen LogP contribution is 2.33. The van der Waals surface area contributed by atoms with Gasteiger partial charge in [-0.05, 0) is 42.8 Å². The van der Waals surface area contributed by atoms with E-state index in [2.05, 4.69) is 25.9 Å². The molecule has 2 heterocycles. The highest BCUT2D eigenvalue weighted by molar-refractivity contribution is 6.36.